The van der Waals surface area contributed by atoms with Crippen LogP contribution in [0.2, 0.25) is 0 Å². The van der Waals surface area contributed by atoms with Crippen LogP contribution < -0.4 is 15.0 Å². The maximum absolute atomic E-state index is 13.7. The Morgan fingerprint density at radius 2 is 2.06 bits per heavy atom. The Morgan fingerprint density at radius 1 is 1.26 bits per heavy atom. The lowest BCUT2D eigenvalue weighted by molar-refractivity contribution is 0.0953. The number of carbonyl (C=O) groups is 1. The van der Waals surface area contributed by atoms with E-state index in [0.717, 1.165) is 37.3 Å². The number of ether oxygens (including phenoxy) is 2. The molecule has 1 amide bonds. The van der Waals surface area contributed by atoms with Crippen molar-refractivity contribution in [3.05, 3.63) is 59.5 Å². The van der Waals surface area contributed by atoms with Crippen LogP contribution in [0.25, 0.3) is 11.0 Å². The Morgan fingerprint density at radius 3 is 2.79 bits per heavy atom. The van der Waals surface area contributed by atoms with Gasteiger partial charge in [-0.1, -0.05) is 19.4 Å². The molecular weight excluding hydrogens is 455 g/mol. The molecule has 7 nitrogen and oxygen atoms in total. The van der Waals surface area contributed by atoms with E-state index in [1.54, 1.807) is 30.5 Å². The summed E-state index contributed by atoms with van der Waals surface area (Å²) in [4.78, 5) is 24.4. The van der Waals surface area contributed by atoms with Gasteiger partial charge in [0.2, 0.25) is 0 Å². The Balaban J connectivity index is 0.00000324. The van der Waals surface area contributed by atoms with Gasteiger partial charge in [-0.2, -0.15) is 13.5 Å². The lowest BCUT2D eigenvalue weighted by atomic mass is 10.0. The summed E-state index contributed by atoms with van der Waals surface area (Å²) < 4.78 is 25.2. The van der Waals surface area contributed by atoms with Gasteiger partial charge in [0.25, 0.3) is 5.91 Å². The summed E-state index contributed by atoms with van der Waals surface area (Å²) in [6.45, 7) is 7.31. The molecule has 182 valence electrons. The minimum Gasteiger partial charge on any atom is -0.486 e. The van der Waals surface area contributed by atoms with Crippen LogP contribution in [0.5, 0.6) is 5.75 Å². The molecule has 1 atom stereocenters. The van der Waals surface area contributed by atoms with Gasteiger partial charge < -0.3 is 19.7 Å². The second-order valence-corrected chi connectivity index (χ2v) is 8.09. The van der Waals surface area contributed by atoms with Crippen molar-refractivity contribution in [2.45, 2.75) is 32.8 Å². The van der Waals surface area contributed by atoms with Gasteiger partial charge in [-0.15, -0.1) is 0 Å². The highest BCUT2D eigenvalue weighted by atomic mass is 32.1. The van der Waals surface area contributed by atoms with Gasteiger partial charge in [0.05, 0.1) is 30.4 Å². The first kappa shape index (κ1) is 25.7. The van der Waals surface area contributed by atoms with Crippen molar-refractivity contribution in [1.29, 1.82) is 0 Å². The van der Waals surface area contributed by atoms with E-state index < -0.39 is 6.10 Å². The molecule has 0 unspecified atom stereocenters. The monoisotopic (exact) mass is 486 g/mol. The molecule has 9 heteroatoms. The largest absolute Gasteiger partial charge is 0.486 e. The Labute approximate surface area is 206 Å². The number of benzene rings is 2. The van der Waals surface area contributed by atoms with Crippen molar-refractivity contribution in [2.24, 2.45) is 0 Å². The lowest BCUT2D eigenvalue weighted by Gasteiger charge is -2.28. The van der Waals surface area contributed by atoms with Gasteiger partial charge in [0.1, 0.15) is 23.5 Å². The topological polar surface area (TPSA) is 76.6 Å². The molecule has 1 fully saturated rings. The second-order valence-electron chi connectivity index (χ2n) is 8.09. The number of unbranched alkanes of at least 4 members (excludes halogenated alkanes) is 1. The number of rotatable bonds is 8. The molecule has 1 N–H and O–H groups in total. The van der Waals surface area contributed by atoms with E-state index in [-0.39, 0.29) is 25.2 Å². The molecule has 0 radical (unpaired) electrons. The molecule has 34 heavy (non-hydrogen) atoms. The molecule has 1 aliphatic heterocycles. The first-order valence-corrected chi connectivity index (χ1v) is 11.4. The summed E-state index contributed by atoms with van der Waals surface area (Å²) in [6, 6.07) is 9.56. The fourth-order valence-electron chi connectivity index (χ4n) is 3.81. The van der Waals surface area contributed by atoms with E-state index in [0.29, 0.717) is 42.1 Å². The SMILES string of the molecule is CCCCNC(=O)c1cc([C@H](C)Oc2cccc(F)c2)c2nc(N3CCOCC3)cnc2c1.S. The average molecular weight is 487 g/mol. The first-order valence-electron chi connectivity index (χ1n) is 11.4. The fourth-order valence-corrected chi connectivity index (χ4v) is 3.81. The third-order valence-electron chi connectivity index (χ3n) is 5.62. The van der Waals surface area contributed by atoms with Gasteiger partial charge in [-0.3, -0.25) is 9.78 Å². The minimum absolute atomic E-state index is 0. The Kier molecular flexibility index (Phi) is 9.06. The molecule has 2 aromatic carbocycles. The zero-order chi connectivity index (χ0) is 23.2. The summed E-state index contributed by atoms with van der Waals surface area (Å²) in [5.41, 5.74) is 2.49. The molecule has 1 aliphatic rings. The van der Waals surface area contributed by atoms with E-state index in [1.807, 2.05) is 6.92 Å². The van der Waals surface area contributed by atoms with Crippen LogP contribution in [0.4, 0.5) is 10.2 Å². The van der Waals surface area contributed by atoms with Crippen LogP contribution in [0.1, 0.15) is 48.7 Å². The summed E-state index contributed by atoms with van der Waals surface area (Å²) in [5, 5.41) is 2.95. The maximum Gasteiger partial charge on any atom is 0.251 e. The predicted molar refractivity (Wildman–Crippen MR) is 136 cm³/mol. The molecular formula is C25H31FN4O3S. The minimum atomic E-state index is -0.480. The number of halogens is 1. The quantitative estimate of drug-likeness (QED) is 0.476. The molecule has 0 bridgehead atoms. The van der Waals surface area contributed by atoms with Gasteiger partial charge in [-0.05, 0) is 37.6 Å². The molecule has 1 aromatic heterocycles. The molecule has 4 rings (SSSR count). The summed E-state index contributed by atoms with van der Waals surface area (Å²) >= 11 is 0. The lowest BCUT2D eigenvalue weighted by Crippen LogP contribution is -2.36. The summed E-state index contributed by atoms with van der Waals surface area (Å²) in [5.74, 6) is 0.627. The number of aromatic nitrogens is 2. The number of nitrogens with zero attached hydrogens (tertiary/aromatic N) is 3. The van der Waals surface area contributed by atoms with Gasteiger partial charge in [0, 0.05) is 36.8 Å². The smallest absolute Gasteiger partial charge is 0.251 e. The zero-order valence-electron chi connectivity index (χ0n) is 19.5. The highest BCUT2D eigenvalue weighted by Crippen LogP contribution is 2.29. The Bertz CT molecular complexity index is 1120. The van der Waals surface area contributed by atoms with Crippen molar-refractivity contribution in [3.63, 3.8) is 0 Å². The number of carbonyl (C=O) groups excluding carboxylic acids is 1. The van der Waals surface area contributed by atoms with Crippen LogP contribution in [-0.4, -0.2) is 48.7 Å². The molecule has 0 saturated carbocycles. The van der Waals surface area contributed by atoms with Crippen molar-refractivity contribution in [1.82, 2.24) is 15.3 Å². The predicted octanol–water partition coefficient (Wildman–Crippen LogP) is 4.39. The van der Waals surface area contributed by atoms with E-state index in [9.17, 15) is 9.18 Å². The van der Waals surface area contributed by atoms with Crippen LogP contribution >= 0.6 is 13.5 Å². The normalized spacial score (nSPS) is 14.4. The van der Waals surface area contributed by atoms with E-state index in [2.05, 4.69) is 22.1 Å². The third-order valence-corrected chi connectivity index (χ3v) is 5.62. The van der Waals surface area contributed by atoms with Crippen LogP contribution in [0.3, 0.4) is 0 Å². The summed E-state index contributed by atoms with van der Waals surface area (Å²) in [6.07, 6.45) is 3.16. The standard InChI is InChI=1S/C25H29FN4O3.H2S/c1-3-4-8-27-25(31)18-13-21(17(2)33-20-7-5-6-19(26)15-20)24-22(14-18)28-16-23(29-24)30-9-11-32-12-10-30;/h5-7,13-17H,3-4,8-12H2,1-2H3,(H,27,31);1H2/t17-;/m0./s1. The fraction of sp³-hybridized carbons (Fsp3) is 0.400. The van der Waals surface area contributed by atoms with E-state index in [4.69, 9.17) is 14.5 Å². The number of hydrogen-bond acceptors (Lipinski definition) is 6. The molecule has 3 aromatic rings. The molecule has 1 saturated heterocycles. The second kappa shape index (κ2) is 12.0. The first-order chi connectivity index (χ1) is 16.0. The van der Waals surface area contributed by atoms with E-state index in [1.165, 1.54) is 12.1 Å². The molecule has 0 aliphatic carbocycles. The highest BCUT2D eigenvalue weighted by molar-refractivity contribution is 7.59. The molecule has 2 heterocycles. The van der Waals surface area contributed by atoms with Gasteiger partial charge in [0.15, 0.2) is 0 Å². The third kappa shape index (κ3) is 6.15. The highest BCUT2D eigenvalue weighted by Gasteiger charge is 2.20. The molecule has 0 spiro atoms. The van der Waals surface area contributed by atoms with Crippen molar-refractivity contribution < 1.29 is 18.7 Å². The van der Waals surface area contributed by atoms with Gasteiger partial charge >= 0.3 is 0 Å². The number of amides is 1. The number of hydrogen-bond donors (Lipinski definition) is 1. The summed E-state index contributed by atoms with van der Waals surface area (Å²) in [7, 11) is 0. The number of anilines is 1. The number of fused-ring (bicyclic) bond motifs is 1. The van der Waals surface area contributed by atoms with Crippen molar-refractivity contribution >= 4 is 36.3 Å². The average Bonchev–Trinajstić information content (AvgIpc) is 2.83. The Hall–Kier alpha value is -2.91. The van der Waals surface area contributed by atoms with Crippen LogP contribution in [0.15, 0.2) is 42.6 Å². The van der Waals surface area contributed by atoms with Gasteiger partial charge in [-0.25, -0.2) is 9.37 Å². The number of nitrogens with one attached hydrogen (secondary N) is 1. The van der Waals surface area contributed by atoms with Crippen molar-refractivity contribution in [2.75, 3.05) is 37.7 Å². The van der Waals surface area contributed by atoms with Crippen molar-refractivity contribution in [3.8, 4) is 5.75 Å². The van der Waals surface area contributed by atoms with E-state index >= 15 is 0 Å². The zero-order valence-corrected chi connectivity index (χ0v) is 20.5. The maximum atomic E-state index is 13.7. The van der Waals surface area contributed by atoms with Crippen LogP contribution in [-0.2, 0) is 4.74 Å². The van der Waals surface area contributed by atoms with Crippen LogP contribution in [0, 0.1) is 5.82 Å². The number of morpholine rings is 1.